The van der Waals surface area contributed by atoms with Gasteiger partial charge >= 0.3 is 12.1 Å². The van der Waals surface area contributed by atoms with Crippen LogP contribution in [0.1, 0.15) is 18.4 Å². The molecule has 1 atom stereocenters. The lowest BCUT2D eigenvalue weighted by molar-refractivity contribution is -0.160. The van der Waals surface area contributed by atoms with Crippen LogP contribution in [-0.2, 0) is 16.0 Å². The van der Waals surface area contributed by atoms with E-state index in [1.54, 1.807) is 6.07 Å². The van der Waals surface area contributed by atoms with Crippen LogP contribution in [0, 0.1) is 0 Å². The molecule has 0 saturated carbocycles. The number of hydrogen-bond acceptors (Lipinski definition) is 3. The Morgan fingerprint density at radius 2 is 2.11 bits per heavy atom. The van der Waals surface area contributed by atoms with Gasteiger partial charge in [-0.1, -0.05) is 0 Å². The Balaban J connectivity index is 2.45. The number of hydrogen-bond donors (Lipinski definition) is 2. The first kappa shape index (κ1) is 15.1. The third-order valence-corrected chi connectivity index (χ3v) is 2.29. The van der Waals surface area contributed by atoms with Gasteiger partial charge in [-0.05, 0) is 18.1 Å². The Morgan fingerprint density at radius 1 is 1.42 bits per heavy atom. The summed E-state index contributed by atoms with van der Waals surface area (Å²) in [7, 11) is 0. The van der Waals surface area contributed by atoms with E-state index in [1.165, 1.54) is 12.5 Å². The lowest BCUT2D eigenvalue weighted by atomic mass is 10.1. The molecule has 1 aromatic rings. The average Bonchev–Trinajstić information content (AvgIpc) is 2.76. The number of carbonyl (C=O) groups excluding carboxylic acids is 1. The van der Waals surface area contributed by atoms with E-state index < -0.39 is 30.5 Å². The van der Waals surface area contributed by atoms with Crippen molar-refractivity contribution in [3.63, 3.8) is 0 Å². The van der Waals surface area contributed by atoms with Gasteiger partial charge in [-0.25, -0.2) is 4.79 Å². The standard InChI is InChI=1S/C11H12F3NO4/c12-11(13,14)5-8(10(17)18)15-9(16)2-1-7-3-4-19-6-7/h3-4,6,8H,1-2,5H2,(H,15,16)(H,17,18). The van der Waals surface area contributed by atoms with Gasteiger partial charge < -0.3 is 14.8 Å². The summed E-state index contributed by atoms with van der Waals surface area (Å²) in [6.45, 7) is 0. The van der Waals surface area contributed by atoms with Gasteiger partial charge in [-0.2, -0.15) is 13.2 Å². The molecule has 1 aromatic heterocycles. The molecule has 0 aliphatic heterocycles. The van der Waals surface area contributed by atoms with E-state index in [0.29, 0.717) is 5.56 Å². The highest BCUT2D eigenvalue weighted by Gasteiger charge is 2.36. The summed E-state index contributed by atoms with van der Waals surface area (Å²) in [5.41, 5.74) is 0.706. The molecule has 0 aromatic carbocycles. The topological polar surface area (TPSA) is 79.5 Å². The van der Waals surface area contributed by atoms with Crippen LogP contribution < -0.4 is 5.32 Å². The van der Waals surface area contributed by atoms with Crippen LogP contribution in [0.3, 0.4) is 0 Å². The molecule has 106 valence electrons. The highest BCUT2D eigenvalue weighted by molar-refractivity contribution is 5.83. The second-order valence-corrected chi connectivity index (χ2v) is 3.91. The van der Waals surface area contributed by atoms with Crippen LogP contribution in [-0.4, -0.2) is 29.2 Å². The van der Waals surface area contributed by atoms with Crippen molar-refractivity contribution in [3.05, 3.63) is 24.2 Å². The van der Waals surface area contributed by atoms with Crippen LogP contribution in [0.5, 0.6) is 0 Å². The fourth-order valence-corrected chi connectivity index (χ4v) is 1.39. The molecule has 0 bridgehead atoms. The smallest absolute Gasteiger partial charge is 0.391 e. The number of aryl methyl sites for hydroxylation is 1. The molecule has 0 saturated heterocycles. The van der Waals surface area contributed by atoms with Gasteiger partial charge in [0.05, 0.1) is 18.9 Å². The second-order valence-electron chi connectivity index (χ2n) is 3.91. The minimum absolute atomic E-state index is 0.110. The van der Waals surface area contributed by atoms with Gasteiger partial charge in [0.25, 0.3) is 0 Å². The van der Waals surface area contributed by atoms with Gasteiger partial charge in [0.1, 0.15) is 6.04 Å². The van der Waals surface area contributed by atoms with Crippen molar-refractivity contribution in [1.82, 2.24) is 5.32 Å². The van der Waals surface area contributed by atoms with E-state index in [-0.39, 0.29) is 12.8 Å². The molecular weight excluding hydrogens is 267 g/mol. The summed E-state index contributed by atoms with van der Waals surface area (Å²) in [4.78, 5) is 22.0. The lowest BCUT2D eigenvalue weighted by Gasteiger charge is -2.16. The normalized spacial score (nSPS) is 13.0. The monoisotopic (exact) mass is 279 g/mol. The molecule has 0 aliphatic rings. The summed E-state index contributed by atoms with van der Waals surface area (Å²) >= 11 is 0. The Kier molecular flexibility index (Phi) is 4.96. The molecule has 0 fully saturated rings. The lowest BCUT2D eigenvalue weighted by Crippen LogP contribution is -2.43. The van der Waals surface area contributed by atoms with Gasteiger partial charge in [0.15, 0.2) is 0 Å². The summed E-state index contributed by atoms with van der Waals surface area (Å²) in [6.07, 6.45) is -3.29. The Hall–Kier alpha value is -1.99. The zero-order valence-electron chi connectivity index (χ0n) is 9.74. The zero-order chi connectivity index (χ0) is 14.5. The van der Waals surface area contributed by atoms with E-state index in [9.17, 15) is 22.8 Å². The van der Waals surface area contributed by atoms with E-state index in [1.807, 2.05) is 5.32 Å². The molecule has 1 amide bonds. The molecule has 0 aliphatic carbocycles. The minimum atomic E-state index is -4.65. The molecule has 1 rings (SSSR count). The van der Waals surface area contributed by atoms with E-state index in [0.717, 1.165) is 0 Å². The van der Waals surface area contributed by atoms with Crippen LogP contribution in [0.25, 0.3) is 0 Å². The predicted molar refractivity (Wildman–Crippen MR) is 57.3 cm³/mol. The van der Waals surface area contributed by atoms with Crippen LogP contribution in [0.2, 0.25) is 0 Å². The van der Waals surface area contributed by atoms with Crippen LogP contribution in [0.15, 0.2) is 23.0 Å². The first-order chi connectivity index (χ1) is 8.78. The molecule has 8 heteroatoms. The molecule has 0 spiro atoms. The largest absolute Gasteiger partial charge is 0.480 e. The highest BCUT2D eigenvalue weighted by atomic mass is 19.4. The number of carboxylic acid groups (broad SMARTS) is 1. The molecule has 1 unspecified atom stereocenters. The number of carboxylic acids is 1. The second kappa shape index (κ2) is 6.26. The number of aliphatic carboxylic acids is 1. The summed E-state index contributed by atoms with van der Waals surface area (Å²) in [5, 5.41) is 10.5. The molecule has 2 N–H and O–H groups in total. The molecule has 19 heavy (non-hydrogen) atoms. The highest BCUT2D eigenvalue weighted by Crippen LogP contribution is 2.21. The van der Waals surface area contributed by atoms with Gasteiger partial charge in [-0.3, -0.25) is 4.79 Å². The van der Waals surface area contributed by atoms with Crippen molar-refractivity contribution < 1.29 is 32.3 Å². The van der Waals surface area contributed by atoms with Gasteiger partial charge in [0.2, 0.25) is 5.91 Å². The third-order valence-electron chi connectivity index (χ3n) is 2.29. The van der Waals surface area contributed by atoms with E-state index >= 15 is 0 Å². The Bertz CT molecular complexity index is 428. The van der Waals surface area contributed by atoms with Crippen LogP contribution >= 0.6 is 0 Å². The molecule has 5 nitrogen and oxygen atoms in total. The Morgan fingerprint density at radius 3 is 2.58 bits per heavy atom. The fraction of sp³-hybridized carbons (Fsp3) is 0.455. The van der Waals surface area contributed by atoms with Crippen LogP contribution in [0.4, 0.5) is 13.2 Å². The fourth-order valence-electron chi connectivity index (χ4n) is 1.39. The summed E-state index contributed by atoms with van der Waals surface area (Å²) in [6, 6.07) is -0.352. The zero-order valence-corrected chi connectivity index (χ0v) is 9.74. The quantitative estimate of drug-likeness (QED) is 0.831. The number of rotatable bonds is 6. The summed E-state index contributed by atoms with van der Waals surface area (Å²) in [5.74, 6) is -2.47. The maximum Gasteiger partial charge on any atom is 0.391 e. The average molecular weight is 279 g/mol. The number of carbonyl (C=O) groups is 2. The number of amides is 1. The molecule has 1 heterocycles. The maximum absolute atomic E-state index is 12.1. The van der Waals surface area contributed by atoms with Crippen molar-refractivity contribution in [2.45, 2.75) is 31.5 Å². The molecule has 0 radical (unpaired) electrons. The number of furan rings is 1. The third kappa shape index (κ3) is 5.94. The van der Waals surface area contributed by atoms with E-state index in [2.05, 4.69) is 0 Å². The van der Waals surface area contributed by atoms with Gasteiger partial charge in [0, 0.05) is 6.42 Å². The van der Waals surface area contributed by atoms with Crippen molar-refractivity contribution in [2.24, 2.45) is 0 Å². The maximum atomic E-state index is 12.1. The SMILES string of the molecule is O=C(CCc1ccoc1)NC(CC(F)(F)F)C(=O)O. The minimum Gasteiger partial charge on any atom is -0.480 e. The molecular formula is C11H12F3NO4. The van der Waals surface area contributed by atoms with Crippen molar-refractivity contribution in [3.8, 4) is 0 Å². The van der Waals surface area contributed by atoms with Gasteiger partial charge in [-0.15, -0.1) is 0 Å². The number of alkyl halides is 3. The summed E-state index contributed by atoms with van der Waals surface area (Å²) < 4.78 is 41.1. The number of halogens is 3. The predicted octanol–water partition coefficient (Wildman–Crippen LogP) is 1.73. The van der Waals surface area contributed by atoms with Crippen molar-refractivity contribution in [2.75, 3.05) is 0 Å². The van der Waals surface area contributed by atoms with Crippen molar-refractivity contribution >= 4 is 11.9 Å². The van der Waals surface area contributed by atoms with E-state index in [4.69, 9.17) is 9.52 Å². The first-order valence-electron chi connectivity index (χ1n) is 5.38. The first-order valence-corrected chi connectivity index (χ1v) is 5.38. The Labute approximate surface area is 106 Å². The number of nitrogens with one attached hydrogen (secondary N) is 1. The van der Waals surface area contributed by atoms with Crippen molar-refractivity contribution in [1.29, 1.82) is 0 Å².